The molecule has 1 amide bonds. The number of hydrogen-bond donors (Lipinski definition) is 2. The Labute approximate surface area is 122 Å². The summed E-state index contributed by atoms with van der Waals surface area (Å²) < 4.78 is 0. The van der Waals surface area contributed by atoms with Gasteiger partial charge in [-0.25, -0.2) is 9.97 Å². The first-order valence-corrected chi connectivity index (χ1v) is 6.92. The normalized spacial score (nSPS) is 10.7. The molecule has 0 saturated heterocycles. The summed E-state index contributed by atoms with van der Waals surface area (Å²) >= 11 is 0. The molecular weight excluding hydrogens is 264 g/mol. The molecular formula is C16H16N4O. The van der Waals surface area contributed by atoms with Gasteiger partial charge in [0.2, 0.25) is 0 Å². The predicted molar refractivity (Wildman–Crippen MR) is 80.9 cm³/mol. The lowest BCUT2D eigenvalue weighted by atomic mass is 10.1. The highest BCUT2D eigenvalue weighted by Gasteiger charge is 2.08. The average Bonchev–Trinajstić information content (AvgIpc) is 3.02. The number of carbonyl (C=O) groups excluding carboxylic acids is 1. The highest BCUT2D eigenvalue weighted by molar-refractivity contribution is 5.93. The molecule has 0 spiro atoms. The minimum absolute atomic E-state index is 0.162. The van der Waals surface area contributed by atoms with Gasteiger partial charge in [0.1, 0.15) is 5.82 Å². The maximum atomic E-state index is 12.1. The highest BCUT2D eigenvalue weighted by Crippen LogP contribution is 2.17. The van der Waals surface area contributed by atoms with Crippen LogP contribution in [0.25, 0.3) is 10.9 Å². The van der Waals surface area contributed by atoms with Gasteiger partial charge in [-0.15, -0.1) is 0 Å². The number of rotatable bonds is 4. The molecule has 0 aliphatic heterocycles. The van der Waals surface area contributed by atoms with Crippen LogP contribution in [0.3, 0.4) is 0 Å². The second-order valence-electron chi connectivity index (χ2n) is 4.78. The van der Waals surface area contributed by atoms with Crippen LogP contribution in [0.5, 0.6) is 0 Å². The van der Waals surface area contributed by atoms with Gasteiger partial charge < -0.3 is 10.3 Å². The Kier molecular flexibility index (Phi) is 3.64. The van der Waals surface area contributed by atoms with Gasteiger partial charge >= 0.3 is 0 Å². The van der Waals surface area contributed by atoms with Crippen molar-refractivity contribution in [3.63, 3.8) is 0 Å². The van der Waals surface area contributed by atoms with E-state index in [0.29, 0.717) is 12.1 Å². The van der Waals surface area contributed by atoms with Crippen LogP contribution in [0, 0.1) is 0 Å². The molecule has 3 rings (SSSR count). The van der Waals surface area contributed by atoms with Crippen LogP contribution in [0.15, 0.2) is 42.9 Å². The zero-order chi connectivity index (χ0) is 14.7. The summed E-state index contributed by atoms with van der Waals surface area (Å²) in [5.74, 6) is 0.578. The van der Waals surface area contributed by atoms with Crippen molar-refractivity contribution in [3.05, 3.63) is 59.8 Å². The van der Waals surface area contributed by atoms with Crippen LogP contribution < -0.4 is 5.32 Å². The number of aromatic nitrogens is 3. The molecule has 5 heteroatoms. The van der Waals surface area contributed by atoms with Gasteiger partial charge in [0.05, 0.1) is 5.56 Å². The van der Waals surface area contributed by atoms with E-state index >= 15 is 0 Å². The Morgan fingerprint density at radius 2 is 2.05 bits per heavy atom. The number of aromatic amines is 1. The summed E-state index contributed by atoms with van der Waals surface area (Å²) in [6, 6.07) is 8.00. The maximum Gasteiger partial charge on any atom is 0.254 e. The fourth-order valence-electron chi connectivity index (χ4n) is 2.24. The fourth-order valence-corrected chi connectivity index (χ4v) is 2.24. The number of hydrogen-bond acceptors (Lipinski definition) is 3. The van der Waals surface area contributed by atoms with E-state index < -0.39 is 0 Å². The van der Waals surface area contributed by atoms with Gasteiger partial charge in [-0.3, -0.25) is 4.79 Å². The van der Waals surface area contributed by atoms with E-state index in [-0.39, 0.29) is 5.91 Å². The molecule has 0 radical (unpaired) electrons. The van der Waals surface area contributed by atoms with Gasteiger partial charge in [-0.1, -0.05) is 19.1 Å². The van der Waals surface area contributed by atoms with Crippen molar-refractivity contribution in [1.82, 2.24) is 20.3 Å². The lowest BCUT2D eigenvalue weighted by Gasteiger charge is -2.06. The predicted octanol–water partition coefficient (Wildman–Crippen LogP) is 2.45. The van der Waals surface area contributed by atoms with E-state index in [1.807, 2.05) is 37.4 Å². The van der Waals surface area contributed by atoms with E-state index in [4.69, 9.17) is 0 Å². The summed E-state index contributed by atoms with van der Waals surface area (Å²) in [4.78, 5) is 23.5. The first-order valence-electron chi connectivity index (χ1n) is 6.92. The Hall–Kier alpha value is -2.69. The van der Waals surface area contributed by atoms with Crippen molar-refractivity contribution in [1.29, 1.82) is 0 Å². The van der Waals surface area contributed by atoms with Crippen LogP contribution in [-0.4, -0.2) is 20.9 Å². The van der Waals surface area contributed by atoms with E-state index in [0.717, 1.165) is 28.7 Å². The lowest BCUT2D eigenvalue weighted by Crippen LogP contribution is -2.23. The number of amides is 1. The SMILES string of the molecule is CCc1ncc(C(=O)NCc2cccc3[nH]ccc23)cn1. The minimum Gasteiger partial charge on any atom is -0.361 e. The van der Waals surface area contributed by atoms with Crippen molar-refractivity contribution < 1.29 is 4.79 Å². The molecule has 3 aromatic rings. The first kappa shape index (κ1) is 13.3. The molecule has 21 heavy (non-hydrogen) atoms. The molecule has 2 heterocycles. The molecule has 0 bridgehead atoms. The topological polar surface area (TPSA) is 70.7 Å². The number of H-pyrrole nitrogens is 1. The second-order valence-corrected chi connectivity index (χ2v) is 4.78. The molecule has 106 valence electrons. The van der Waals surface area contributed by atoms with Crippen molar-refractivity contribution in [2.75, 3.05) is 0 Å². The van der Waals surface area contributed by atoms with Crippen molar-refractivity contribution in [3.8, 4) is 0 Å². The first-order chi connectivity index (χ1) is 10.3. The average molecular weight is 280 g/mol. The lowest BCUT2D eigenvalue weighted by molar-refractivity contribution is 0.0950. The van der Waals surface area contributed by atoms with Crippen LogP contribution in [0.2, 0.25) is 0 Å². The van der Waals surface area contributed by atoms with E-state index in [2.05, 4.69) is 20.3 Å². The monoisotopic (exact) mass is 280 g/mol. The third kappa shape index (κ3) is 2.76. The Bertz CT molecular complexity index is 761. The highest BCUT2D eigenvalue weighted by atomic mass is 16.1. The zero-order valence-corrected chi connectivity index (χ0v) is 11.8. The summed E-state index contributed by atoms with van der Waals surface area (Å²) in [6.07, 6.45) is 5.79. The fraction of sp³-hybridized carbons (Fsp3) is 0.188. The van der Waals surface area contributed by atoms with Crippen LogP contribution in [0.4, 0.5) is 0 Å². The zero-order valence-electron chi connectivity index (χ0n) is 11.8. The molecule has 5 nitrogen and oxygen atoms in total. The summed E-state index contributed by atoms with van der Waals surface area (Å²) in [5.41, 5.74) is 2.62. The number of carbonyl (C=O) groups is 1. The molecule has 2 aromatic heterocycles. The molecule has 0 aliphatic carbocycles. The molecule has 0 fully saturated rings. The van der Waals surface area contributed by atoms with Gasteiger partial charge in [0.15, 0.2) is 0 Å². The number of fused-ring (bicyclic) bond motifs is 1. The van der Waals surface area contributed by atoms with Gasteiger partial charge in [0.25, 0.3) is 5.91 Å². The van der Waals surface area contributed by atoms with Crippen molar-refractivity contribution in [2.24, 2.45) is 0 Å². The van der Waals surface area contributed by atoms with E-state index in [9.17, 15) is 4.79 Å². The molecule has 2 N–H and O–H groups in total. The Morgan fingerprint density at radius 3 is 2.81 bits per heavy atom. The smallest absolute Gasteiger partial charge is 0.254 e. The van der Waals surface area contributed by atoms with E-state index in [1.165, 1.54) is 0 Å². The minimum atomic E-state index is -0.162. The largest absolute Gasteiger partial charge is 0.361 e. The van der Waals surface area contributed by atoms with Crippen molar-refractivity contribution >= 4 is 16.8 Å². The number of nitrogens with one attached hydrogen (secondary N) is 2. The van der Waals surface area contributed by atoms with Gasteiger partial charge in [0, 0.05) is 42.5 Å². The summed E-state index contributed by atoms with van der Waals surface area (Å²) in [5, 5.41) is 4.02. The molecule has 0 saturated carbocycles. The second kappa shape index (κ2) is 5.75. The molecule has 0 unspecified atom stereocenters. The Morgan fingerprint density at radius 1 is 1.24 bits per heavy atom. The van der Waals surface area contributed by atoms with Crippen LogP contribution >= 0.6 is 0 Å². The van der Waals surface area contributed by atoms with Crippen molar-refractivity contribution in [2.45, 2.75) is 19.9 Å². The number of benzene rings is 1. The Balaban J connectivity index is 1.71. The number of nitrogens with zero attached hydrogens (tertiary/aromatic N) is 2. The van der Waals surface area contributed by atoms with E-state index in [1.54, 1.807) is 12.4 Å². The van der Waals surface area contributed by atoms with Crippen LogP contribution in [-0.2, 0) is 13.0 Å². The third-order valence-corrected chi connectivity index (χ3v) is 3.41. The molecule has 0 atom stereocenters. The third-order valence-electron chi connectivity index (χ3n) is 3.41. The quantitative estimate of drug-likeness (QED) is 0.771. The molecule has 1 aromatic carbocycles. The van der Waals surface area contributed by atoms with Gasteiger partial charge in [-0.05, 0) is 17.7 Å². The summed E-state index contributed by atoms with van der Waals surface area (Å²) in [6.45, 7) is 2.45. The summed E-state index contributed by atoms with van der Waals surface area (Å²) in [7, 11) is 0. The van der Waals surface area contributed by atoms with Crippen LogP contribution in [0.1, 0.15) is 28.7 Å². The standard InChI is InChI=1S/C16H16N4O/c1-2-15-18-9-12(10-19-15)16(21)20-8-11-4-3-5-14-13(11)6-7-17-14/h3-7,9-10,17H,2,8H2,1H3,(H,20,21). The molecule has 0 aliphatic rings. The maximum absolute atomic E-state index is 12.1. The van der Waals surface area contributed by atoms with Gasteiger partial charge in [-0.2, -0.15) is 0 Å². The number of aryl methyl sites for hydroxylation is 1.